The van der Waals surface area contributed by atoms with Crippen LogP contribution in [0.5, 0.6) is 17.2 Å². The molecule has 0 aromatic heterocycles. The van der Waals surface area contributed by atoms with Gasteiger partial charge in [0.2, 0.25) is 5.75 Å². The monoisotopic (exact) mass is 335 g/mol. The van der Waals surface area contributed by atoms with Crippen molar-refractivity contribution in [1.82, 2.24) is 4.90 Å². The molecule has 2 rings (SSSR count). The van der Waals surface area contributed by atoms with Crippen LogP contribution in [-0.2, 0) is 9.59 Å². The number of hydrogen-bond donors (Lipinski definition) is 1. The predicted molar refractivity (Wildman–Crippen MR) is 86.6 cm³/mol. The van der Waals surface area contributed by atoms with E-state index >= 15 is 0 Å². The van der Waals surface area contributed by atoms with Crippen molar-refractivity contribution in [2.24, 2.45) is 0 Å². The number of carbonyl (C=O) groups is 2. The second-order valence-corrected chi connectivity index (χ2v) is 5.28. The molecule has 7 nitrogen and oxygen atoms in total. The second kappa shape index (κ2) is 7.25. The summed E-state index contributed by atoms with van der Waals surface area (Å²) in [5.41, 5.74) is 0.598. The molecule has 0 amide bonds. The Labute approximate surface area is 140 Å². The molecule has 0 radical (unpaired) electrons. The summed E-state index contributed by atoms with van der Waals surface area (Å²) in [5.74, 6) is -0.157. The van der Waals surface area contributed by atoms with E-state index < -0.39 is 11.8 Å². The molecule has 0 bridgehead atoms. The maximum absolute atomic E-state index is 12.2. The summed E-state index contributed by atoms with van der Waals surface area (Å²) in [6, 6.07) is 3.27. The molecule has 0 fully saturated rings. The largest absolute Gasteiger partial charge is 0.493 e. The molecule has 1 aromatic carbocycles. The fourth-order valence-corrected chi connectivity index (χ4v) is 2.82. The summed E-state index contributed by atoms with van der Waals surface area (Å²) in [6.45, 7) is 2.46. The van der Waals surface area contributed by atoms with Crippen LogP contribution in [0.25, 0.3) is 0 Å². The smallest absolute Gasteiger partial charge is 0.340 e. The van der Waals surface area contributed by atoms with Gasteiger partial charge in [-0.3, -0.25) is 4.79 Å². The number of ketones is 1. The highest BCUT2D eigenvalue weighted by Crippen LogP contribution is 2.42. The van der Waals surface area contributed by atoms with Gasteiger partial charge in [0.1, 0.15) is 5.57 Å². The third-order valence-electron chi connectivity index (χ3n) is 4.04. The Kier molecular flexibility index (Phi) is 5.33. The lowest BCUT2D eigenvalue weighted by Crippen LogP contribution is -2.33. The number of Topliss-reactive ketones (excluding diaryl/α,β-unsaturated/α-hetero) is 1. The van der Waals surface area contributed by atoms with Gasteiger partial charge in [-0.25, -0.2) is 4.79 Å². The van der Waals surface area contributed by atoms with Crippen LogP contribution in [-0.4, -0.2) is 49.6 Å². The number of carboxylic acids is 1. The molecule has 1 aliphatic heterocycles. The number of nitrogens with zero attached hydrogens (tertiary/aromatic N) is 1. The number of hydrogen-bond acceptors (Lipinski definition) is 6. The molecule has 0 saturated carbocycles. The fourth-order valence-electron chi connectivity index (χ4n) is 2.82. The zero-order chi connectivity index (χ0) is 17.9. The maximum atomic E-state index is 12.2. The van der Waals surface area contributed by atoms with E-state index in [9.17, 15) is 9.59 Å². The van der Waals surface area contributed by atoms with E-state index in [1.54, 1.807) is 12.1 Å². The van der Waals surface area contributed by atoms with Crippen molar-refractivity contribution in [1.29, 1.82) is 0 Å². The van der Waals surface area contributed by atoms with Crippen molar-refractivity contribution in [3.63, 3.8) is 0 Å². The highest BCUT2D eigenvalue weighted by atomic mass is 16.5. The van der Waals surface area contributed by atoms with Crippen molar-refractivity contribution < 1.29 is 28.9 Å². The van der Waals surface area contributed by atoms with E-state index in [4.69, 9.17) is 19.3 Å². The van der Waals surface area contributed by atoms with Crippen molar-refractivity contribution in [2.75, 3.05) is 27.9 Å². The number of rotatable bonds is 6. The third-order valence-corrected chi connectivity index (χ3v) is 4.04. The van der Waals surface area contributed by atoms with Gasteiger partial charge in [0.15, 0.2) is 17.3 Å². The van der Waals surface area contributed by atoms with Gasteiger partial charge in [-0.05, 0) is 24.6 Å². The zero-order valence-corrected chi connectivity index (χ0v) is 14.2. The molecule has 1 aliphatic rings. The summed E-state index contributed by atoms with van der Waals surface area (Å²) in [6.07, 6.45) is 1.48. The minimum Gasteiger partial charge on any atom is -0.493 e. The molecular formula is C17H21NO6. The first-order chi connectivity index (χ1) is 11.5. The average Bonchev–Trinajstić information content (AvgIpc) is 2.59. The predicted octanol–water partition coefficient (Wildman–Crippen LogP) is 2.02. The molecule has 7 heteroatoms. The molecule has 0 spiro atoms. The van der Waals surface area contributed by atoms with Crippen LogP contribution >= 0.6 is 0 Å². The van der Waals surface area contributed by atoms with Gasteiger partial charge in [0.25, 0.3) is 0 Å². The van der Waals surface area contributed by atoms with E-state index in [0.29, 0.717) is 23.8 Å². The third kappa shape index (κ3) is 3.15. The van der Waals surface area contributed by atoms with E-state index in [0.717, 1.165) is 5.56 Å². The molecule has 1 heterocycles. The van der Waals surface area contributed by atoms with E-state index in [-0.39, 0.29) is 18.0 Å². The minimum atomic E-state index is -1.21. The molecule has 0 aliphatic carbocycles. The van der Waals surface area contributed by atoms with Gasteiger partial charge in [-0.2, -0.15) is 0 Å². The lowest BCUT2D eigenvalue weighted by Gasteiger charge is -2.34. The number of carboxylic acid groups (broad SMARTS) is 1. The Balaban J connectivity index is 2.51. The van der Waals surface area contributed by atoms with Gasteiger partial charge in [-0.1, -0.05) is 0 Å². The lowest BCUT2D eigenvalue weighted by atomic mass is 9.93. The summed E-state index contributed by atoms with van der Waals surface area (Å²) < 4.78 is 16.0. The SMILES string of the molecule is CCN1C=C(C(=O)O)C(=O)CC1c1cc(OC)c(OC)c(OC)c1. The number of aliphatic carboxylic acids is 1. The van der Waals surface area contributed by atoms with E-state index in [2.05, 4.69) is 0 Å². The van der Waals surface area contributed by atoms with Crippen LogP contribution in [0.4, 0.5) is 0 Å². The second-order valence-electron chi connectivity index (χ2n) is 5.28. The summed E-state index contributed by atoms with van der Waals surface area (Å²) >= 11 is 0. The van der Waals surface area contributed by atoms with Crippen LogP contribution in [0.15, 0.2) is 23.9 Å². The molecule has 1 aromatic rings. The van der Waals surface area contributed by atoms with Crippen LogP contribution in [0.2, 0.25) is 0 Å². The van der Waals surface area contributed by atoms with Gasteiger partial charge in [0, 0.05) is 19.2 Å². The van der Waals surface area contributed by atoms with Crippen LogP contribution in [0, 0.1) is 0 Å². The normalized spacial score (nSPS) is 17.3. The van der Waals surface area contributed by atoms with Crippen molar-refractivity contribution in [3.8, 4) is 17.2 Å². The Hall–Kier alpha value is -2.70. The average molecular weight is 335 g/mol. The summed E-state index contributed by atoms with van der Waals surface area (Å²) in [7, 11) is 4.56. The molecule has 1 unspecified atom stereocenters. The zero-order valence-electron chi connectivity index (χ0n) is 14.2. The highest BCUT2D eigenvalue weighted by molar-refractivity contribution is 6.17. The first kappa shape index (κ1) is 17.7. The Bertz CT molecular complexity index is 657. The van der Waals surface area contributed by atoms with Crippen LogP contribution in [0.1, 0.15) is 24.9 Å². The quantitative estimate of drug-likeness (QED) is 0.796. The highest BCUT2D eigenvalue weighted by Gasteiger charge is 2.32. The first-order valence-corrected chi connectivity index (χ1v) is 7.50. The molecule has 24 heavy (non-hydrogen) atoms. The summed E-state index contributed by atoms with van der Waals surface area (Å²) in [4.78, 5) is 25.2. The Morgan fingerprint density at radius 2 is 1.79 bits per heavy atom. The Morgan fingerprint density at radius 3 is 2.21 bits per heavy atom. The number of benzene rings is 1. The Morgan fingerprint density at radius 1 is 1.21 bits per heavy atom. The topological polar surface area (TPSA) is 85.3 Å². The maximum Gasteiger partial charge on any atom is 0.340 e. The van der Waals surface area contributed by atoms with Gasteiger partial charge >= 0.3 is 5.97 Å². The van der Waals surface area contributed by atoms with Gasteiger partial charge < -0.3 is 24.2 Å². The van der Waals surface area contributed by atoms with Gasteiger partial charge in [0.05, 0.1) is 27.4 Å². The molecule has 1 N–H and O–H groups in total. The number of carbonyl (C=O) groups excluding carboxylic acids is 1. The van der Waals surface area contributed by atoms with Crippen LogP contribution in [0.3, 0.4) is 0 Å². The lowest BCUT2D eigenvalue weighted by molar-refractivity contribution is -0.135. The first-order valence-electron chi connectivity index (χ1n) is 7.50. The molecule has 1 atom stereocenters. The van der Waals surface area contributed by atoms with Crippen molar-refractivity contribution in [3.05, 3.63) is 29.5 Å². The minimum absolute atomic E-state index is 0.0740. The fraction of sp³-hybridized carbons (Fsp3) is 0.412. The number of methoxy groups -OCH3 is 3. The number of ether oxygens (including phenoxy) is 3. The van der Waals surface area contributed by atoms with Crippen LogP contribution < -0.4 is 14.2 Å². The molecular weight excluding hydrogens is 314 g/mol. The van der Waals surface area contributed by atoms with E-state index in [1.807, 2.05) is 11.8 Å². The molecule has 0 saturated heterocycles. The van der Waals surface area contributed by atoms with Crippen molar-refractivity contribution >= 4 is 11.8 Å². The standard InChI is InChI=1S/C17H21NO6/c1-5-18-9-11(17(20)21)13(19)8-12(18)10-6-14(22-2)16(24-4)15(7-10)23-3/h6-7,9,12H,5,8H2,1-4H3,(H,20,21). The van der Waals surface area contributed by atoms with E-state index in [1.165, 1.54) is 27.5 Å². The van der Waals surface area contributed by atoms with Crippen molar-refractivity contribution in [2.45, 2.75) is 19.4 Å². The summed E-state index contributed by atoms with van der Waals surface area (Å²) in [5, 5.41) is 9.14. The van der Waals surface area contributed by atoms with Gasteiger partial charge in [-0.15, -0.1) is 0 Å². The molecule has 130 valence electrons.